The lowest BCUT2D eigenvalue weighted by atomic mass is 10.1. The molecule has 8 heteroatoms. The Balaban J connectivity index is 2.55. The predicted octanol–water partition coefficient (Wildman–Crippen LogP) is 4.21. The van der Waals surface area contributed by atoms with Crippen LogP contribution in [0.3, 0.4) is 0 Å². The third kappa shape index (κ3) is 3.66. The molecular weight excluding hydrogens is 355 g/mol. The zero-order valence-corrected chi connectivity index (χ0v) is 14.2. The van der Waals surface area contributed by atoms with E-state index >= 15 is 0 Å². The zero-order chi connectivity index (χ0) is 15.8. The average Bonchev–Trinajstić information content (AvgIpc) is 2.38. The van der Waals surface area contributed by atoms with Crippen LogP contribution in [0.25, 0.3) is 11.1 Å². The number of halogens is 3. The molecule has 0 radical (unpaired) electrons. The molecule has 2 rings (SSSR count). The molecule has 0 amide bonds. The molecule has 1 heterocycles. The number of sulfone groups is 1. The lowest BCUT2D eigenvalue weighted by Crippen LogP contribution is -2.12. The van der Waals surface area contributed by atoms with Crippen molar-refractivity contribution in [1.29, 1.82) is 0 Å². The van der Waals surface area contributed by atoms with Gasteiger partial charge >= 0.3 is 0 Å². The minimum Gasteiger partial charge on any atom is -0.228 e. The molecule has 0 aliphatic heterocycles. The van der Waals surface area contributed by atoms with Crippen molar-refractivity contribution < 1.29 is 8.42 Å². The minimum absolute atomic E-state index is 0.0743. The lowest BCUT2D eigenvalue weighted by Gasteiger charge is -2.12. The summed E-state index contributed by atoms with van der Waals surface area (Å²) >= 11 is 18.1. The van der Waals surface area contributed by atoms with Gasteiger partial charge in [0.25, 0.3) is 0 Å². The van der Waals surface area contributed by atoms with Crippen molar-refractivity contribution >= 4 is 44.6 Å². The van der Waals surface area contributed by atoms with E-state index in [9.17, 15) is 8.42 Å². The topological polar surface area (TPSA) is 59.9 Å². The van der Waals surface area contributed by atoms with Gasteiger partial charge in [0.15, 0.2) is 9.84 Å². The maximum atomic E-state index is 11.6. The van der Waals surface area contributed by atoms with Gasteiger partial charge in [-0.05, 0) is 24.6 Å². The maximum absolute atomic E-state index is 11.6. The Labute approximate surface area is 138 Å². The first-order chi connectivity index (χ1) is 9.70. The molecule has 0 saturated heterocycles. The van der Waals surface area contributed by atoms with E-state index in [0.717, 1.165) is 6.26 Å². The first-order valence-corrected chi connectivity index (χ1v) is 8.96. The van der Waals surface area contributed by atoms with E-state index in [1.807, 2.05) is 0 Å². The minimum atomic E-state index is -3.33. The fourth-order valence-corrected chi connectivity index (χ4v) is 2.88. The van der Waals surface area contributed by atoms with Crippen LogP contribution < -0.4 is 0 Å². The number of nitrogens with zero attached hydrogens (tertiary/aromatic N) is 2. The third-order valence-corrected chi connectivity index (χ3v) is 5.27. The standard InChI is InChI=1S/C13H11Cl3N2O2S/c1-7(21(2,19)20)13-17-11(15)10(12(16)18-13)8-3-5-9(14)6-4-8/h3-7H,1-2H3. The van der Waals surface area contributed by atoms with Crippen LogP contribution in [-0.4, -0.2) is 24.6 Å². The van der Waals surface area contributed by atoms with Crippen molar-refractivity contribution in [1.82, 2.24) is 9.97 Å². The molecule has 1 atom stereocenters. The van der Waals surface area contributed by atoms with Gasteiger partial charge < -0.3 is 0 Å². The molecule has 2 aromatic rings. The molecule has 0 bridgehead atoms. The second kappa shape index (κ2) is 6.08. The van der Waals surface area contributed by atoms with E-state index in [-0.39, 0.29) is 16.1 Å². The number of hydrogen-bond acceptors (Lipinski definition) is 4. The molecule has 0 spiro atoms. The summed E-state index contributed by atoms with van der Waals surface area (Å²) in [5.41, 5.74) is 1.15. The second-order valence-electron chi connectivity index (χ2n) is 4.52. The van der Waals surface area contributed by atoms with Crippen molar-refractivity contribution in [3.63, 3.8) is 0 Å². The smallest absolute Gasteiger partial charge is 0.157 e. The lowest BCUT2D eigenvalue weighted by molar-refractivity contribution is 0.589. The van der Waals surface area contributed by atoms with Crippen molar-refractivity contribution in [3.8, 4) is 11.1 Å². The van der Waals surface area contributed by atoms with Crippen LogP contribution in [0.1, 0.15) is 18.0 Å². The summed E-state index contributed by atoms with van der Waals surface area (Å²) in [7, 11) is -3.33. The Kier molecular flexibility index (Phi) is 4.78. The molecule has 4 nitrogen and oxygen atoms in total. The van der Waals surface area contributed by atoms with Crippen LogP contribution in [0, 0.1) is 0 Å². The fourth-order valence-electron chi connectivity index (χ4n) is 1.65. The number of rotatable bonds is 3. The number of benzene rings is 1. The predicted molar refractivity (Wildman–Crippen MR) is 85.8 cm³/mol. The van der Waals surface area contributed by atoms with Crippen LogP contribution in [0.5, 0.6) is 0 Å². The highest BCUT2D eigenvalue weighted by Crippen LogP contribution is 2.34. The monoisotopic (exact) mass is 364 g/mol. The number of aromatic nitrogens is 2. The van der Waals surface area contributed by atoms with E-state index in [0.29, 0.717) is 16.1 Å². The number of hydrogen-bond donors (Lipinski definition) is 0. The first kappa shape index (κ1) is 16.5. The molecule has 0 fully saturated rings. The van der Waals surface area contributed by atoms with Gasteiger partial charge in [0.1, 0.15) is 21.4 Å². The van der Waals surface area contributed by atoms with Crippen LogP contribution >= 0.6 is 34.8 Å². The van der Waals surface area contributed by atoms with Crippen molar-refractivity contribution in [2.45, 2.75) is 12.2 Å². The largest absolute Gasteiger partial charge is 0.228 e. The van der Waals surface area contributed by atoms with Gasteiger partial charge in [-0.25, -0.2) is 18.4 Å². The van der Waals surface area contributed by atoms with Crippen molar-refractivity contribution in [3.05, 3.63) is 45.4 Å². The van der Waals surface area contributed by atoms with Crippen molar-refractivity contribution in [2.24, 2.45) is 0 Å². The van der Waals surface area contributed by atoms with Gasteiger partial charge in [-0.1, -0.05) is 46.9 Å². The zero-order valence-electron chi connectivity index (χ0n) is 11.1. The highest BCUT2D eigenvalue weighted by Gasteiger charge is 2.23. The SMILES string of the molecule is CC(c1nc(Cl)c(-c2ccc(Cl)cc2)c(Cl)n1)S(C)(=O)=O. The van der Waals surface area contributed by atoms with E-state index in [1.54, 1.807) is 24.3 Å². The molecule has 1 aromatic carbocycles. The first-order valence-electron chi connectivity index (χ1n) is 5.88. The molecule has 0 N–H and O–H groups in total. The quantitative estimate of drug-likeness (QED) is 0.764. The van der Waals surface area contributed by atoms with Crippen LogP contribution in [0.4, 0.5) is 0 Å². The summed E-state index contributed by atoms with van der Waals surface area (Å²) in [6, 6.07) is 6.85. The highest BCUT2D eigenvalue weighted by molar-refractivity contribution is 7.90. The summed E-state index contributed by atoms with van der Waals surface area (Å²) in [4.78, 5) is 8.11. The highest BCUT2D eigenvalue weighted by atomic mass is 35.5. The summed E-state index contributed by atoms with van der Waals surface area (Å²) < 4.78 is 23.1. The van der Waals surface area contributed by atoms with Crippen LogP contribution in [-0.2, 0) is 9.84 Å². The van der Waals surface area contributed by atoms with Gasteiger partial charge in [-0.15, -0.1) is 0 Å². The van der Waals surface area contributed by atoms with Crippen LogP contribution in [0.15, 0.2) is 24.3 Å². The fraction of sp³-hybridized carbons (Fsp3) is 0.231. The Bertz CT molecular complexity index is 753. The molecule has 112 valence electrons. The maximum Gasteiger partial charge on any atom is 0.157 e. The molecule has 21 heavy (non-hydrogen) atoms. The second-order valence-corrected chi connectivity index (χ2v) is 8.04. The van der Waals surface area contributed by atoms with Gasteiger partial charge in [-0.2, -0.15) is 0 Å². The summed E-state index contributed by atoms with van der Waals surface area (Å²) in [6.07, 6.45) is 1.11. The normalized spacial score (nSPS) is 13.2. The molecule has 1 aromatic heterocycles. The van der Waals surface area contributed by atoms with Gasteiger partial charge in [0.2, 0.25) is 0 Å². The van der Waals surface area contributed by atoms with Gasteiger partial charge in [0, 0.05) is 11.3 Å². The summed E-state index contributed by atoms with van der Waals surface area (Å²) in [5, 5.41) is -0.105. The average molecular weight is 366 g/mol. The Morgan fingerprint density at radius 2 is 1.48 bits per heavy atom. The third-order valence-electron chi connectivity index (χ3n) is 2.98. The molecule has 0 aliphatic rings. The Morgan fingerprint density at radius 1 is 1.00 bits per heavy atom. The van der Waals surface area contributed by atoms with Gasteiger partial charge in [0.05, 0.1) is 5.56 Å². The van der Waals surface area contributed by atoms with Gasteiger partial charge in [-0.3, -0.25) is 0 Å². The molecule has 0 saturated carbocycles. The Morgan fingerprint density at radius 3 is 1.90 bits per heavy atom. The van der Waals surface area contributed by atoms with E-state index in [1.165, 1.54) is 6.92 Å². The molecule has 0 aliphatic carbocycles. The molecular formula is C13H11Cl3N2O2S. The van der Waals surface area contributed by atoms with Crippen LogP contribution in [0.2, 0.25) is 15.3 Å². The molecule has 1 unspecified atom stereocenters. The Hall–Kier alpha value is -0.880. The van der Waals surface area contributed by atoms with E-state index in [4.69, 9.17) is 34.8 Å². The summed E-state index contributed by atoms with van der Waals surface area (Å²) in [6.45, 7) is 1.49. The van der Waals surface area contributed by atoms with E-state index in [2.05, 4.69) is 9.97 Å². The van der Waals surface area contributed by atoms with E-state index < -0.39 is 15.1 Å². The summed E-state index contributed by atoms with van der Waals surface area (Å²) in [5.74, 6) is 0.0743. The van der Waals surface area contributed by atoms with Crippen molar-refractivity contribution in [2.75, 3.05) is 6.26 Å².